The Morgan fingerprint density at radius 1 is 1.18 bits per heavy atom. The van der Waals surface area contributed by atoms with Crippen LogP contribution in [0.5, 0.6) is 5.75 Å². The number of anilines is 1. The fourth-order valence-corrected chi connectivity index (χ4v) is 2.09. The third kappa shape index (κ3) is 2.99. The van der Waals surface area contributed by atoms with Crippen molar-refractivity contribution in [3.8, 4) is 5.75 Å². The highest BCUT2D eigenvalue weighted by molar-refractivity contribution is 5.96. The van der Waals surface area contributed by atoms with Crippen LogP contribution in [0, 0.1) is 5.41 Å². The minimum absolute atomic E-state index is 0.203. The average Bonchev–Trinajstić information content (AvgIpc) is 2.30. The van der Waals surface area contributed by atoms with Gasteiger partial charge in [-0.2, -0.15) is 0 Å². The molecule has 0 unspecified atom stereocenters. The van der Waals surface area contributed by atoms with E-state index >= 15 is 0 Å². The summed E-state index contributed by atoms with van der Waals surface area (Å²) in [4.78, 5) is 2.09. The summed E-state index contributed by atoms with van der Waals surface area (Å²) in [5.41, 5.74) is 1.10. The molecule has 92 valence electrons. The fraction of sp³-hybridized carbons (Fsp3) is 0.500. The Morgan fingerprint density at radius 2 is 1.88 bits per heavy atom. The van der Waals surface area contributed by atoms with E-state index in [-0.39, 0.29) is 6.10 Å². The molecule has 0 aliphatic carbocycles. The van der Waals surface area contributed by atoms with Crippen molar-refractivity contribution < 1.29 is 4.74 Å². The van der Waals surface area contributed by atoms with Crippen LogP contribution in [0.15, 0.2) is 24.3 Å². The van der Waals surface area contributed by atoms with Gasteiger partial charge in [0.25, 0.3) is 0 Å². The van der Waals surface area contributed by atoms with Gasteiger partial charge in [-0.05, 0) is 51.0 Å². The quantitative estimate of drug-likeness (QED) is 0.866. The number of benzene rings is 1. The van der Waals surface area contributed by atoms with Crippen molar-refractivity contribution in [1.29, 1.82) is 5.41 Å². The number of nitrogens with one attached hydrogen (secondary N) is 1. The van der Waals surface area contributed by atoms with Crippen LogP contribution >= 0.6 is 0 Å². The molecule has 17 heavy (non-hydrogen) atoms. The Hall–Kier alpha value is -1.51. The van der Waals surface area contributed by atoms with Gasteiger partial charge in [0.05, 0.1) is 6.10 Å². The number of ether oxygens (including phenoxy) is 1. The van der Waals surface area contributed by atoms with E-state index in [4.69, 9.17) is 10.1 Å². The second-order valence-corrected chi connectivity index (χ2v) is 4.72. The molecular formula is C14H20N2O. The maximum atomic E-state index is 7.94. The van der Waals surface area contributed by atoms with Gasteiger partial charge in [-0.15, -0.1) is 0 Å². The van der Waals surface area contributed by atoms with Gasteiger partial charge in [0.2, 0.25) is 0 Å². The summed E-state index contributed by atoms with van der Waals surface area (Å²) in [6.07, 6.45) is 3.41. The van der Waals surface area contributed by atoms with Gasteiger partial charge in [-0.1, -0.05) is 0 Å². The van der Waals surface area contributed by atoms with Crippen molar-refractivity contribution in [3.05, 3.63) is 24.3 Å². The number of hydrogen-bond donors (Lipinski definition) is 1. The molecule has 1 aliphatic heterocycles. The first-order valence-corrected chi connectivity index (χ1v) is 6.28. The monoisotopic (exact) mass is 232 g/mol. The summed E-state index contributed by atoms with van der Waals surface area (Å²) < 4.78 is 5.61. The lowest BCUT2D eigenvalue weighted by atomic mass is 10.1. The van der Waals surface area contributed by atoms with E-state index in [1.165, 1.54) is 6.42 Å². The highest BCUT2D eigenvalue weighted by Gasteiger charge is 2.16. The summed E-state index contributed by atoms with van der Waals surface area (Å²) in [5.74, 6) is 1.63. The molecule has 2 rings (SSSR count). The summed E-state index contributed by atoms with van der Waals surface area (Å²) >= 11 is 0. The second kappa shape index (κ2) is 5.21. The Morgan fingerprint density at radius 3 is 2.47 bits per heavy atom. The minimum atomic E-state index is 0.203. The van der Waals surface area contributed by atoms with Gasteiger partial charge >= 0.3 is 0 Å². The summed E-state index contributed by atoms with van der Waals surface area (Å²) in [6, 6.07) is 8.05. The maximum Gasteiger partial charge on any atom is 0.119 e. The number of piperidine rings is 1. The van der Waals surface area contributed by atoms with Crippen molar-refractivity contribution in [3.63, 3.8) is 0 Å². The fourth-order valence-electron chi connectivity index (χ4n) is 2.09. The van der Waals surface area contributed by atoms with E-state index in [9.17, 15) is 0 Å². The first kappa shape index (κ1) is 12.0. The molecule has 1 aliphatic rings. The van der Waals surface area contributed by atoms with Crippen molar-refractivity contribution in [1.82, 2.24) is 0 Å². The highest BCUT2D eigenvalue weighted by atomic mass is 16.5. The molecule has 0 spiro atoms. The zero-order valence-corrected chi connectivity index (χ0v) is 10.6. The molecule has 3 heteroatoms. The lowest BCUT2D eigenvalue weighted by molar-refractivity contribution is 0.242. The molecule has 1 N–H and O–H groups in total. The van der Waals surface area contributed by atoms with Crippen molar-refractivity contribution in [2.45, 2.75) is 39.2 Å². The van der Waals surface area contributed by atoms with Crippen molar-refractivity contribution >= 4 is 11.5 Å². The normalized spacial score (nSPS) is 16.4. The van der Waals surface area contributed by atoms with E-state index in [1.807, 2.05) is 38.1 Å². The van der Waals surface area contributed by atoms with Crippen molar-refractivity contribution in [2.75, 3.05) is 11.4 Å². The van der Waals surface area contributed by atoms with E-state index in [0.717, 1.165) is 36.7 Å². The topological polar surface area (TPSA) is 36.3 Å². The number of nitrogens with zero attached hydrogens (tertiary/aromatic N) is 1. The molecule has 0 atom stereocenters. The molecule has 0 aromatic heterocycles. The van der Waals surface area contributed by atoms with Crippen LogP contribution in [0.3, 0.4) is 0 Å². The number of rotatable bonds is 3. The molecule has 1 saturated heterocycles. The Bertz CT molecular complexity index is 384. The molecule has 0 amide bonds. The standard InChI is InChI=1S/C14H20N2O/c1-11(2)17-13-8-6-12(7-9-13)16-10-4-3-5-14(16)15/h6-9,11,15H,3-5,10H2,1-2H3. The number of hydrogen-bond acceptors (Lipinski definition) is 2. The van der Waals surface area contributed by atoms with Crippen LogP contribution < -0.4 is 9.64 Å². The zero-order valence-electron chi connectivity index (χ0n) is 10.6. The van der Waals surface area contributed by atoms with Gasteiger partial charge in [0.1, 0.15) is 11.6 Å². The average molecular weight is 232 g/mol. The summed E-state index contributed by atoms with van der Waals surface area (Å²) in [6.45, 7) is 5.01. The van der Waals surface area contributed by atoms with Crippen LogP contribution in [0.25, 0.3) is 0 Å². The third-order valence-electron chi connectivity index (χ3n) is 2.89. The van der Waals surface area contributed by atoms with Crippen LogP contribution in [-0.4, -0.2) is 18.5 Å². The SMILES string of the molecule is CC(C)Oc1ccc(N2CCCCC2=N)cc1. The molecule has 0 radical (unpaired) electrons. The maximum absolute atomic E-state index is 7.94. The summed E-state index contributed by atoms with van der Waals surface area (Å²) in [5, 5.41) is 7.94. The van der Waals surface area contributed by atoms with Gasteiger partial charge in [0.15, 0.2) is 0 Å². The largest absolute Gasteiger partial charge is 0.491 e. The summed E-state index contributed by atoms with van der Waals surface area (Å²) in [7, 11) is 0. The van der Waals surface area contributed by atoms with E-state index in [1.54, 1.807) is 0 Å². The van der Waals surface area contributed by atoms with E-state index in [2.05, 4.69) is 4.90 Å². The lowest BCUT2D eigenvalue weighted by Gasteiger charge is -2.29. The van der Waals surface area contributed by atoms with Crippen LogP contribution in [0.4, 0.5) is 5.69 Å². The Labute approximate surface area is 103 Å². The Kier molecular flexibility index (Phi) is 3.67. The van der Waals surface area contributed by atoms with Crippen LogP contribution in [0.1, 0.15) is 33.1 Å². The molecule has 3 nitrogen and oxygen atoms in total. The third-order valence-corrected chi connectivity index (χ3v) is 2.89. The molecule has 1 aromatic rings. The predicted octanol–water partition coefficient (Wildman–Crippen LogP) is 3.44. The van der Waals surface area contributed by atoms with Crippen LogP contribution in [0.2, 0.25) is 0 Å². The van der Waals surface area contributed by atoms with Gasteiger partial charge in [-0.3, -0.25) is 5.41 Å². The van der Waals surface area contributed by atoms with Crippen molar-refractivity contribution in [2.24, 2.45) is 0 Å². The molecule has 1 fully saturated rings. The second-order valence-electron chi connectivity index (χ2n) is 4.72. The lowest BCUT2D eigenvalue weighted by Crippen LogP contribution is -2.34. The molecule has 0 bridgehead atoms. The minimum Gasteiger partial charge on any atom is -0.491 e. The number of amidine groups is 1. The van der Waals surface area contributed by atoms with E-state index < -0.39 is 0 Å². The predicted molar refractivity (Wildman–Crippen MR) is 71.1 cm³/mol. The zero-order chi connectivity index (χ0) is 12.3. The van der Waals surface area contributed by atoms with Gasteiger partial charge < -0.3 is 9.64 Å². The first-order chi connectivity index (χ1) is 8.16. The molecule has 1 heterocycles. The van der Waals surface area contributed by atoms with Gasteiger partial charge in [-0.25, -0.2) is 0 Å². The Balaban J connectivity index is 2.08. The smallest absolute Gasteiger partial charge is 0.119 e. The van der Waals surface area contributed by atoms with Gasteiger partial charge in [0, 0.05) is 18.7 Å². The van der Waals surface area contributed by atoms with E-state index in [0.29, 0.717) is 0 Å². The first-order valence-electron chi connectivity index (χ1n) is 6.28. The highest BCUT2D eigenvalue weighted by Crippen LogP contribution is 2.24. The molecule has 0 saturated carbocycles. The molecule has 1 aromatic carbocycles. The van der Waals surface area contributed by atoms with Crippen LogP contribution in [-0.2, 0) is 0 Å². The molecular weight excluding hydrogens is 212 g/mol.